The lowest BCUT2D eigenvalue weighted by atomic mass is 9.72. The van der Waals surface area contributed by atoms with Crippen molar-refractivity contribution in [2.24, 2.45) is 11.3 Å². The lowest BCUT2D eigenvalue weighted by molar-refractivity contribution is 0.00124. The SMILES string of the molecule is CC1(C)CCC(CN2CCN(c3ccc(C(=O)NS(=O)(=O)c4cnc(OC[C@H]5CC[C@@](C)(O)CC5)c(Cl)c4)c(Oc4cccc5c4c(N(C(=O)OC(C)(C)C)C(=O)OC(C)(C)C)nn5C(=O)OC(C)(C)C)c3)CC2)=C(c2ccc(Cl)cc2)C1. The molecule has 0 spiro atoms. The van der Waals surface area contributed by atoms with Crippen molar-refractivity contribution in [2.75, 3.05) is 49.1 Å². The van der Waals surface area contributed by atoms with Gasteiger partial charge in [0, 0.05) is 49.5 Å². The number of allylic oxidation sites excluding steroid dienone is 1. The second kappa shape index (κ2) is 24.3. The minimum absolute atomic E-state index is 0.0135. The van der Waals surface area contributed by atoms with Crippen molar-refractivity contribution in [3.8, 4) is 17.4 Å². The van der Waals surface area contributed by atoms with Crippen molar-refractivity contribution in [2.45, 2.75) is 155 Å². The molecule has 448 valence electrons. The van der Waals surface area contributed by atoms with E-state index in [4.69, 9.17) is 46.9 Å². The number of piperazine rings is 1. The van der Waals surface area contributed by atoms with E-state index in [1.807, 2.05) is 19.1 Å². The van der Waals surface area contributed by atoms with E-state index in [2.05, 4.69) is 50.6 Å². The van der Waals surface area contributed by atoms with Crippen LogP contribution in [0.3, 0.4) is 0 Å². The quantitative estimate of drug-likeness (QED) is 0.105. The van der Waals surface area contributed by atoms with Crippen LogP contribution in [0.15, 0.2) is 83.4 Å². The van der Waals surface area contributed by atoms with Crippen LogP contribution in [-0.2, 0) is 24.2 Å². The number of nitrogens with one attached hydrogen (secondary N) is 1. The number of fused-ring (bicyclic) bond motifs is 1. The maximum absolute atomic E-state index is 14.6. The second-order valence-corrected chi connectivity index (χ2v) is 28.3. The van der Waals surface area contributed by atoms with Gasteiger partial charge in [-0.05, 0) is 179 Å². The molecule has 5 aromatic rings. The van der Waals surface area contributed by atoms with E-state index in [9.17, 15) is 32.7 Å². The van der Waals surface area contributed by atoms with E-state index < -0.39 is 67.3 Å². The van der Waals surface area contributed by atoms with Crippen molar-refractivity contribution in [1.29, 1.82) is 0 Å². The monoisotopic (exact) mass is 1200 g/mol. The Morgan fingerprint density at radius 2 is 1.42 bits per heavy atom. The number of aromatic nitrogens is 3. The van der Waals surface area contributed by atoms with Gasteiger partial charge in [0.2, 0.25) is 5.88 Å². The molecule has 0 unspecified atom stereocenters. The summed E-state index contributed by atoms with van der Waals surface area (Å²) < 4.78 is 61.2. The summed E-state index contributed by atoms with van der Waals surface area (Å²) in [5.74, 6) is -1.64. The van der Waals surface area contributed by atoms with Gasteiger partial charge >= 0.3 is 18.3 Å². The van der Waals surface area contributed by atoms with Crippen LogP contribution in [0, 0.1) is 11.3 Å². The first-order valence-corrected chi connectivity index (χ1v) is 30.2. The van der Waals surface area contributed by atoms with Gasteiger partial charge in [-0.1, -0.05) is 60.8 Å². The minimum atomic E-state index is -4.67. The van der Waals surface area contributed by atoms with Gasteiger partial charge in [0.05, 0.1) is 34.9 Å². The van der Waals surface area contributed by atoms with Crippen molar-refractivity contribution >= 4 is 85.4 Å². The number of imide groups is 1. The van der Waals surface area contributed by atoms with Crippen LogP contribution in [0.2, 0.25) is 10.0 Å². The first-order chi connectivity index (χ1) is 38.6. The summed E-state index contributed by atoms with van der Waals surface area (Å²) in [4.78, 5) is 66.1. The van der Waals surface area contributed by atoms with Gasteiger partial charge in [0.15, 0.2) is 5.82 Å². The van der Waals surface area contributed by atoms with E-state index in [1.165, 1.54) is 41.0 Å². The Morgan fingerprint density at radius 3 is 2.02 bits per heavy atom. The minimum Gasteiger partial charge on any atom is -0.476 e. The van der Waals surface area contributed by atoms with E-state index in [0.717, 1.165) is 55.6 Å². The van der Waals surface area contributed by atoms with E-state index in [1.54, 1.807) is 74.4 Å². The molecular formula is C61H77Cl2N7O12S. The first kappa shape index (κ1) is 62.6. The molecule has 2 aromatic heterocycles. The average molecular weight is 1200 g/mol. The Bertz CT molecular complexity index is 3370. The number of hydrogen-bond donors (Lipinski definition) is 2. The number of nitrogens with zero attached hydrogens (tertiary/aromatic N) is 6. The standard InChI is InChI=1S/C61H77Cl2N7O12S/c1-57(2,3)80-54(72)69(55(73)81-58(4,5)6)51-50-47(70(65-51)56(74)82-59(7,8)9)14-13-15-48(50)79-49-32-42(68-30-28-67(29-31-68)36-40-24-25-60(10,11)34-45(40)39-16-18-41(62)19-17-39)20-21-44(49)52(71)66-83(76,77)43-33-46(63)53(64-35-43)78-37-38-22-26-61(12,75)27-23-38/h13-21,32-33,35,38,75H,22-31,34,36-37H2,1-12H3,(H,66,71)/t38-,61+. The van der Waals surface area contributed by atoms with Gasteiger partial charge in [0.1, 0.15) is 38.2 Å². The van der Waals surface area contributed by atoms with Gasteiger partial charge in [-0.2, -0.15) is 9.58 Å². The predicted octanol–water partition coefficient (Wildman–Crippen LogP) is 13.2. The van der Waals surface area contributed by atoms with E-state index in [0.29, 0.717) is 54.6 Å². The highest BCUT2D eigenvalue weighted by Gasteiger charge is 2.39. The highest BCUT2D eigenvalue weighted by molar-refractivity contribution is 7.90. The fourth-order valence-electron chi connectivity index (χ4n) is 10.2. The molecule has 2 aliphatic carbocycles. The molecule has 1 aliphatic heterocycles. The molecule has 0 atom stereocenters. The van der Waals surface area contributed by atoms with Crippen molar-refractivity contribution in [1.82, 2.24) is 24.4 Å². The molecule has 3 amide bonds. The van der Waals surface area contributed by atoms with Crippen LogP contribution >= 0.6 is 23.2 Å². The summed E-state index contributed by atoms with van der Waals surface area (Å²) in [7, 11) is -4.67. The molecular weight excluding hydrogens is 1130 g/mol. The Labute approximate surface area is 496 Å². The number of benzene rings is 3. The zero-order valence-electron chi connectivity index (χ0n) is 49.5. The number of ether oxygens (including phenoxy) is 5. The lowest BCUT2D eigenvalue weighted by Gasteiger charge is -2.39. The number of anilines is 2. The summed E-state index contributed by atoms with van der Waals surface area (Å²) in [6, 6.07) is 18.5. The Balaban J connectivity index is 1.16. The maximum Gasteiger partial charge on any atom is 0.435 e. The molecule has 1 saturated carbocycles. The molecule has 1 saturated heterocycles. The predicted molar refractivity (Wildman–Crippen MR) is 319 cm³/mol. The van der Waals surface area contributed by atoms with Gasteiger partial charge in [-0.15, -0.1) is 5.10 Å². The lowest BCUT2D eigenvalue weighted by Crippen LogP contribution is -2.47. The van der Waals surface area contributed by atoms with Crippen LogP contribution < -0.4 is 24.0 Å². The molecule has 83 heavy (non-hydrogen) atoms. The Morgan fingerprint density at radius 1 is 0.795 bits per heavy atom. The molecule has 8 rings (SSSR count). The molecule has 3 aliphatic rings. The Hall–Kier alpha value is -6.45. The number of aliphatic hydroxyl groups is 1. The normalized spacial score (nSPS) is 19.0. The number of halogens is 2. The fraction of sp³-hybridized carbons (Fsp3) is 0.508. The summed E-state index contributed by atoms with van der Waals surface area (Å²) in [5, 5.41) is 15.4. The smallest absolute Gasteiger partial charge is 0.435 e. The third kappa shape index (κ3) is 16.1. The van der Waals surface area contributed by atoms with Gasteiger partial charge in [-0.25, -0.2) is 32.5 Å². The van der Waals surface area contributed by atoms with Crippen molar-refractivity contribution in [3.63, 3.8) is 0 Å². The van der Waals surface area contributed by atoms with E-state index >= 15 is 0 Å². The van der Waals surface area contributed by atoms with E-state index in [-0.39, 0.29) is 56.8 Å². The third-order valence-electron chi connectivity index (χ3n) is 14.5. The summed E-state index contributed by atoms with van der Waals surface area (Å²) in [5.41, 5.74) is 0.476. The highest BCUT2D eigenvalue weighted by atomic mass is 35.5. The Kier molecular flexibility index (Phi) is 18.3. The first-order valence-electron chi connectivity index (χ1n) is 28.0. The molecule has 0 bridgehead atoms. The second-order valence-electron chi connectivity index (χ2n) is 25.8. The summed E-state index contributed by atoms with van der Waals surface area (Å²) in [6.45, 7) is 24.7. The molecule has 19 nitrogen and oxygen atoms in total. The summed E-state index contributed by atoms with van der Waals surface area (Å²) in [6.07, 6.45) is 3.38. The fourth-order valence-corrected chi connectivity index (χ4v) is 11.6. The van der Waals surface area contributed by atoms with Crippen LogP contribution in [0.4, 0.5) is 25.9 Å². The topological polar surface area (TPSA) is 221 Å². The summed E-state index contributed by atoms with van der Waals surface area (Å²) >= 11 is 12.9. The molecule has 22 heteroatoms. The van der Waals surface area contributed by atoms with Crippen molar-refractivity contribution in [3.05, 3.63) is 99.7 Å². The molecule has 2 N–H and O–H groups in total. The average Bonchev–Trinajstić information content (AvgIpc) is 4.05. The zero-order chi connectivity index (χ0) is 60.6. The highest BCUT2D eigenvalue weighted by Crippen LogP contribution is 2.45. The van der Waals surface area contributed by atoms with Gasteiger partial charge in [-0.3, -0.25) is 9.69 Å². The number of pyridine rings is 1. The van der Waals surface area contributed by atoms with Crippen LogP contribution in [-0.4, -0.2) is 119 Å². The number of carbonyl (C=O) groups excluding carboxylic acids is 4. The van der Waals surface area contributed by atoms with Crippen LogP contribution in [0.5, 0.6) is 17.4 Å². The molecule has 2 fully saturated rings. The molecule has 3 heterocycles. The maximum atomic E-state index is 14.6. The van der Waals surface area contributed by atoms with Gasteiger partial charge in [0.25, 0.3) is 15.9 Å². The molecule has 3 aromatic carbocycles. The van der Waals surface area contributed by atoms with Crippen LogP contribution in [0.1, 0.15) is 144 Å². The molecule has 0 radical (unpaired) electrons. The van der Waals surface area contributed by atoms with Crippen molar-refractivity contribution < 1.29 is 56.4 Å². The number of hydrogen-bond acceptors (Lipinski definition) is 16. The largest absolute Gasteiger partial charge is 0.476 e. The number of carbonyl (C=O) groups is 4. The van der Waals surface area contributed by atoms with Crippen LogP contribution in [0.25, 0.3) is 16.5 Å². The number of amides is 3. The third-order valence-corrected chi connectivity index (χ3v) is 16.3. The number of sulfonamides is 1. The van der Waals surface area contributed by atoms with Gasteiger partial charge < -0.3 is 33.7 Å². The number of rotatable bonds is 13. The zero-order valence-corrected chi connectivity index (χ0v) is 51.8.